The van der Waals surface area contributed by atoms with Crippen LogP contribution in [-0.4, -0.2) is 25.2 Å². The molecule has 0 bridgehead atoms. The van der Waals surface area contributed by atoms with Crippen LogP contribution in [0.1, 0.15) is 16.2 Å². The number of nitro benzene ring substituents is 1. The Labute approximate surface area is 177 Å². The van der Waals surface area contributed by atoms with E-state index in [4.69, 9.17) is 4.74 Å². The third kappa shape index (κ3) is 4.40. The van der Waals surface area contributed by atoms with E-state index in [-0.39, 0.29) is 22.8 Å². The Kier molecular flexibility index (Phi) is 5.39. The fraction of sp³-hybridized carbons (Fsp3) is 0.0455. The van der Waals surface area contributed by atoms with Crippen LogP contribution in [-0.2, 0) is 7.05 Å². The predicted molar refractivity (Wildman–Crippen MR) is 114 cm³/mol. The van der Waals surface area contributed by atoms with Gasteiger partial charge in [-0.15, -0.1) is 0 Å². The molecule has 2 aromatic heterocycles. The SMILES string of the molecule is Cn1ccnc1C(=O)c1ccc(Nc2cccc(Oc3ccccn3)c2)c([N+](=O)[O-])c1. The number of ether oxygens (including phenoxy) is 1. The van der Waals surface area contributed by atoms with E-state index in [1.165, 1.54) is 24.4 Å². The molecule has 31 heavy (non-hydrogen) atoms. The Bertz CT molecular complexity index is 1250. The van der Waals surface area contributed by atoms with E-state index in [9.17, 15) is 14.9 Å². The van der Waals surface area contributed by atoms with Crippen molar-refractivity contribution >= 4 is 22.8 Å². The van der Waals surface area contributed by atoms with Crippen LogP contribution in [0.4, 0.5) is 17.1 Å². The monoisotopic (exact) mass is 415 g/mol. The van der Waals surface area contributed by atoms with E-state index in [1.54, 1.807) is 60.4 Å². The number of ketones is 1. The largest absolute Gasteiger partial charge is 0.439 e. The molecule has 9 heteroatoms. The molecule has 4 aromatic rings. The van der Waals surface area contributed by atoms with Crippen molar-refractivity contribution in [1.82, 2.24) is 14.5 Å². The van der Waals surface area contributed by atoms with E-state index in [2.05, 4.69) is 15.3 Å². The molecule has 4 rings (SSSR count). The highest BCUT2D eigenvalue weighted by Crippen LogP contribution is 2.31. The van der Waals surface area contributed by atoms with Crippen molar-refractivity contribution < 1.29 is 14.5 Å². The quantitative estimate of drug-likeness (QED) is 0.269. The number of aromatic nitrogens is 3. The minimum atomic E-state index is -0.536. The first-order valence-electron chi connectivity index (χ1n) is 9.28. The number of hydrogen-bond acceptors (Lipinski definition) is 7. The lowest BCUT2D eigenvalue weighted by atomic mass is 10.1. The van der Waals surface area contributed by atoms with Gasteiger partial charge >= 0.3 is 0 Å². The van der Waals surface area contributed by atoms with Crippen LogP contribution in [0.5, 0.6) is 11.6 Å². The van der Waals surface area contributed by atoms with Crippen LogP contribution in [0, 0.1) is 10.1 Å². The molecule has 0 aliphatic carbocycles. The first kappa shape index (κ1) is 19.8. The normalized spacial score (nSPS) is 10.5. The molecule has 0 aliphatic rings. The van der Waals surface area contributed by atoms with Gasteiger partial charge in [0.2, 0.25) is 11.7 Å². The topological polar surface area (TPSA) is 112 Å². The standard InChI is InChI=1S/C22H17N5O4/c1-26-12-11-24-22(26)21(28)15-8-9-18(19(13-15)27(29)30)25-16-5-4-6-17(14-16)31-20-7-2-3-10-23-20/h2-14,25H,1H3. The van der Waals surface area contributed by atoms with Crippen LogP contribution in [0.25, 0.3) is 0 Å². The molecule has 0 saturated heterocycles. The number of imidazole rings is 1. The van der Waals surface area contributed by atoms with E-state index in [0.29, 0.717) is 17.3 Å². The van der Waals surface area contributed by atoms with Gasteiger partial charge in [-0.1, -0.05) is 12.1 Å². The van der Waals surface area contributed by atoms with Gasteiger partial charge in [0.15, 0.2) is 5.82 Å². The van der Waals surface area contributed by atoms with E-state index in [0.717, 1.165) is 0 Å². The van der Waals surface area contributed by atoms with E-state index < -0.39 is 10.7 Å². The maximum Gasteiger partial charge on any atom is 0.293 e. The molecule has 0 spiro atoms. The summed E-state index contributed by atoms with van der Waals surface area (Å²) in [7, 11) is 1.69. The maximum atomic E-state index is 12.6. The van der Waals surface area contributed by atoms with Crippen molar-refractivity contribution in [2.75, 3.05) is 5.32 Å². The molecule has 0 atom stereocenters. The molecule has 154 valence electrons. The van der Waals surface area contributed by atoms with Crippen LogP contribution >= 0.6 is 0 Å². The minimum absolute atomic E-state index is 0.179. The van der Waals surface area contributed by atoms with Crippen molar-refractivity contribution in [3.8, 4) is 11.6 Å². The Hall–Kier alpha value is -4.53. The summed E-state index contributed by atoms with van der Waals surface area (Å²) in [4.78, 5) is 31.9. The number of anilines is 2. The third-order valence-corrected chi connectivity index (χ3v) is 4.45. The third-order valence-electron chi connectivity index (χ3n) is 4.45. The van der Waals surface area contributed by atoms with E-state index in [1.807, 2.05) is 6.07 Å². The van der Waals surface area contributed by atoms with Gasteiger partial charge in [-0.25, -0.2) is 9.97 Å². The smallest absolute Gasteiger partial charge is 0.293 e. The summed E-state index contributed by atoms with van der Waals surface area (Å²) in [6, 6.07) is 16.5. The summed E-state index contributed by atoms with van der Waals surface area (Å²) in [6.07, 6.45) is 4.75. The van der Waals surface area contributed by atoms with Crippen molar-refractivity contribution in [3.05, 3.63) is 101 Å². The van der Waals surface area contributed by atoms with Crippen LogP contribution < -0.4 is 10.1 Å². The zero-order valence-corrected chi connectivity index (χ0v) is 16.4. The summed E-state index contributed by atoms with van der Waals surface area (Å²) in [5.41, 5.74) is 0.783. The zero-order chi connectivity index (χ0) is 21.8. The molecule has 0 fully saturated rings. The summed E-state index contributed by atoms with van der Waals surface area (Å²) in [6.45, 7) is 0. The van der Waals surface area contributed by atoms with Crippen LogP contribution in [0.15, 0.2) is 79.3 Å². The second kappa shape index (κ2) is 8.46. The molecule has 9 nitrogen and oxygen atoms in total. The van der Waals surface area contributed by atoms with Gasteiger partial charge < -0.3 is 14.6 Å². The van der Waals surface area contributed by atoms with Crippen molar-refractivity contribution in [2.45, 2.75) is 0 Å². The number of carbonyl (C=O) groups is 1. The number of hydrogen-bond donors (Lipinski definition) is 1. The van der Waals surface area contributed by atoms with Crippen molar-refractivity contribution in [2.24, 2.45) is 7.05 Å². The van der Waals surface area contributed by atoms with Gasteiger partial charge in [-0.2, -0.15) is 0 Å². The van der Waals surface area contributed by atoms with Crippen LogP contribution in [0.2, 0.25) is 0 Å². The lowest BCUT2D eigenvalue weighted by Crippen LogP contribution is -2.09. The van der Waals surface area contributed by atoms with Crippen LogP contribution in [0.3, 0.4) is 0 Å². The Morgan fingerprint density at radius 1 is 1.06 bits per heavy atom. The molecule has 0 aliphatic heterocycles. The van der Waals surface area contributed by atoms with Crippen molar-refractivity contribution in [1.29, 1.82) is 0 Å². The number of pyridine rings is 1. The number of nitro groups is 1. The molecule has 0 amide bonds. The second-order valence-electron chi connectivity index (χ2n) is 6.60. The number of aryl methyl sites for hydroxylation is 1. The number of carbonyl (C=O) groups excluding carboxylic acids is 1. The first-order valence-corrected chi connectivity index (χ1v) is 9.28. The minimum Gasteiger partial charge on any atom is -0.439 e. The average molecular weight is 415 g/mol. The number of rotatable bonds is 7. The van der Waals surface area contributed by atoms with Gasteiger partial charge in [0.1, 0.15) is 11.4 Å². The predicted octanol–water partition coefficient (Wildman–Crippen LogP) is 4.49. The lowest BCUT2D eigenvalue weighted by Gasteiger charge is -2.10. The highest BCUT2D eigenvalue weighted by Gasteiger charge is 2.20. The summed E-state index contributed by atoms with van der Waals surface area (Å²) < 4.78 is 7.26. The van der Waals surface area contributed by atoms with Crippen molar-refractivity contribution in [3.63, 3.8) is 0 Å². The van der Waals surface area contributed by atoms with Gasteiger partial charge in [0, 0.05) is 55.1 Å². The number of benzene rings is 2. The zero-order valence-electron chi connectivity index (χ0n) is 16.4. The highest BCUT2D eigenvalue weighted by molar-refractivity contribution is 6.07. The molecule has 2 heterocycles. The Balaban J connectivity index is 1.60. The average Bonchev–Trinajstić information content (AvgIpc) is 3.20. The molecule has 0 radical (unpaired) electrons. The molecular formula is C22H17N5O4. The Morgan fingerprint density at radius 3 is 2.65 bits per heavy atom. The highest BCUT2D eigenvalue weighted by atomic mass is 16.6. The molecule has 0 unspecified atom stereocenters. The number of nitrogens with zero attached hydrogens (tertiary/aromatic N) is 4. The summed E-state index contributed by atoms with van der Waals surface area (Å²) >= 11 is 0. The maximum absolute atomic E-state index is 12.6. The van der Waals surface area contributed by atoms with Gasteiger partial charge in [-0.3, -0.25) is 14.9 Å². The van der Waals surface area contributed by atoms with E-state index >= 15 is 0 Å². The second-order valence-corrected chi connectivity index (χ2v) is 6.60. The first-order chi connectivity index (χ1) is 15.0. The molecular weight excluding hydrogens is 398 g/mol. The number of nitrogens with one attached hydrogen (secondary N) is 1. The molecule has 1 N–H and O–H groups in total. The Morgan fingerprint density at radius 2 is 1.94 bits per heavy atom. The summed E-state index contributed by atoms with van der Waals surface area (Å²) in [5, 5.41) is 14.7. The lowest BCUT2D eigenvalue weighted by molar-refractivity contribution is -0.383. The summed E-state index contributed by atoms with van der Waals surface area (Å²) in [5.74, 6) is 0.762. The molecule has 2 aromatic carbocycles. The van der Waals surface area contributed by atoms with Gasteiger partial charge in [0.05, 0.1) is 4.92 Å². The van der Waals surface area contributed by atoms with Gasteiger partial charge in [-0.05, 0) is 30.3 Å². The fourth-order valence-corrected chi connectivity index (χ4v) is 2.96. The van der Waals surface area contributed by atoms with Gasteiger partial charge in [0.25, 0.3) is 5.69 Å². The molecule has 0 saturated carbocycles. The fourth-order valence-electron chi connectivity index (χ4n) is 2.96.